The maximum absolute atomic E-state index is 12.2. The highest BCUT2D eigenvalue weighted by molar-refractivity contribution is 5.84. The Morgan fingerprint density at radius 2 is 2.00 bits per heavy atom. The Morgan fingerprint density at radius 1 is 1.17 bits per heavy atom. The van der Waals surface area contributed by atoms with Gasteiger partial charge < -0.3 is 14.2 Å². The van der Waals surface area contributed by atoms with Crippen molar-refractivity contribution in [2.24, 2.45) is 23.7 Å². The number of carbonyl (C=O) groups is 1. The number of benzene rings is 1. The molecule has 0 unspecified atom stereocenters. The first kappa shape index (κ1) is 13.7. The molecule has 1 saturated heterocycles. The fraction of sp³-hybridized carbons (Fsp3) is 0.611. The van der Waals surface area contributed by atoms with Crippen LogP contribution < -0.4 is 10.1 Å². The quantitative estimate of drug-likeness (QED) is 0.871. The zero-order valence-electron chi connectivity index (χ0n) is 13.1. The topological polar surface area (TPSA) is 60.1 Å². The van der Waals surface area contributed by atoms with Crippen LogP contribution in [0.15, 0.2) is 24.3 Å². The minimum absolute atomic E-state index is 0.0806. The molecule has 1 N–H and O–H groups in total. The molecule has 3 aliphatic carbocycles. The van der Waals surface area contributed by atoms with E-state index in [1.54, 1.807) is 7.11 Å². The summed E-state index contributed by atoms with van der Waals surface area (Å²) in [4.78, 5) is 12.2. The molecule has 3 saturated carbocycles. The van der Waals surface area contributed by atoms with Gasteiger partial charge in [-0.25, -0.2) is 4.79 Å². The van der Waals surface area contributed by atoms with E-state index < -0.39 is 0 Å². The maximum Gasteiger partial charge on any atom is 0.411 e. The first-order valence-corrected chi connectivity index (χ1v) is 8.50. The van der Waals surface area contributed by atoms with Crippen molar-refractivity contribution in [1.82, 2.24) is 0 Å². The molecule has 7 atom stereocenters. The molecule has 0 aromatic heterocycles. The van der Waals surface area contributed by atoms with Gasteiger partial charge in [0.25, 0.3) is 0 Å². The lowest BCUT2D eigenvalue weighted by atomic mass is 9.79. The molecule has 5 heteroatoms. The molecule has 1 amide bonds. The third kappa shape index (κ3) is 2.13. The molecule has 4 aliphatic rings. The van der Waals surface area contributed by atoms with Gasteiger partial charge >= 0.3 is 6.09 Å². The van der Waals surface area contributed by atoms with Crippen LogP contribution in [-0.4, -0.2) is 31.5 Å². The first-order valence-electron chi connectivity index (χ1n) is 8.50. The molecule has 1 aromatic rings. The highest BCUT2D eigenvalue weighted by atomic mass is 16.6. The summed E-state index contributed by atoms with van der Waals surface area (Å²) in [6.45, 7) is 0. The molecule has 1 aromatic carbocycles. The van der Waals surface area contributed by atoms with E-state index in [1.165, 1.54) is 12.8 Å². The van der Waals surface area contributed by atoms with Crippen molar-refractivity contribution in [2.75, 3.05) is 12.4 Å². The van der Waals surface area contributed by atoms with E-state index in [-0.39, 0.29) is 12.2 Å². The van der Waals surface area contributed by atoms with Crippen molar-refractivity contribution in [2.45, 2.75) is 37.6 Å². The van der Waals surface area contributed by atoms with E-state index in [4.69, 9.17) is 14.2 Å². The number of hydrogen-bond donors (Lipinski definition) is 1. The molecule has 5 rings (SSSR count). The number of fused-ring (bicyclic) bond motifs is 7. The second-order valence-corrected chi connectivity index (χ2v) is 7.31. The Morgan fingerprint density at radius 3 is 2.78 bits per heavy atom. The van der Waals surface area contributed by atoms with Crippen LogP contribution in [0.3, 0.4) is 0 Å². The number of epoxide rings is 1. The molecule has 0 spiro atoms. The number of rotatable bonds is 3. The van der Waals surface area contributed by atoms with Crippen LogP contribution in [0.5, 0.6) is 5.75 Å². The summed E-state index contributed by atoms with van der Waals surface area (Å²) >= 11 is 0. The van der Waals surface area contributed by atoms with E-state index in [0.717, 1.165) is 29.7 Å². The fourth-order valence-electron chi connectivity index (χ4n) is 5.36. The molecular weight excluding hydrogens is 294 g/mol. The minimum Gasteiger partial charge on any atom is -0.497 e. The number of nitrogens with one attached hydrogen (secondary N) is 1. The zero-order chi connectivity index (χ0) is 15.6. The number of methoxy groups -OCH3 is 1. The van der Waals surface area contributed by atoms with Gasteiger partial charge in [0.1, 0.15) is 11.9 Å². The number of hydrogen-bond acceptors (Lipinski definition) is 4. The van der Waals surface area contributed by atoms with Crippen LogP contribution in [0.2, 0.25) is 0 Å². The van der Waals surface area contributed by atoms with Gasteiger partial charge in [0.15, 0.2) is 0 Å². The molecule has 23 heavy (non-hydrogen) atoms. The molecule has 122 valence electrons. The second kappa shape index (κ2) is 4.87. The number of amides is 1. The Kier molecular flexibility index (Phi) is 2.89. The highest BCUT2D eigenvalue weighted by Gasteiger charge is 2.67. The normalized spacial score (nSPS) is 42.0. The SMILES string of the molecule is COc1ccc(NC(=O)O[C@@H]2C[C@H]3C[C@H]2[C@@H]2C[C@@H]4O[C@H]4[C@H]32)cc1. The largest absolute Gasteiger partial charge is 0.497 e. The van der Waals surface area contributed by atoms with Crippen molar-refractivity contribution >= 4 is 11.8 Å². The van der Waals surface area contributed by atoms with Crippen LogP contribution in [0.25, 0.3) is 0 Å². The lowest BCUT2D eigenvalue weighted by molar-refractivity contribution is 0.0251. The third-order valence-corrected chi connectivity index (χ3v) is 6.28. The zero-order valence-corrected chi connectivity index (χ0v) is 13.1. The molecule has 1 aliphatic heterocycles. The Balaban J connectivity index is 1.20. The van der Waals surface area contributed by atoms with E-state index in [1.807, 2.05) is 24.3 Å². The monoisotopic (exact) mass is 315 g/mol. The molecular formula is C18H21NO4. The van der Waals surface area contributed by atoms with Gasteiger partial charge in [-0.15, -0.1) is 0 Å². The molecule has 4 fully saturated rings. The van der Waals surface area contributed by atoms with Crippen molar-refractivity contribution in [3.05, 3.63) is 24.3 Å². The summed E-state index contributed by atoms with van der Waals surface area (Å²) in [7, 11) is 1.62. The number of anilines is 1. The van der Waals surface area contributed by atoms with Gasteiger partial charge in [0.05, 0.1) is 19.3 Å². The van der Waals surface area contributed by atoms with Crippen molar-refractivity contribution in [3.63, 3.8) is 0 Å². The van der Waals surface area contributed by atoms with Crippen LogP contribution in [0.4, 0.5) is 10.5 Å². The molecule has 2 bridgehead atoms. The van der Waals surface area contributed by atoms with Gasteiger partial charge in [0, 0.05) is 5.69 Å². The van der Waals surface area contributed by atoms with Gasteiger partial charge in [-0.1, -0.05) is 0 Å². The highest BCUT2D eigenvalue weighted by Crippen LogP contribution is 2.64. The Labute approximate surface area is 135 Å². The number of ether oxygens (including phenoxy) is 3. The Hall–Kier alpha value is -1.75. The van der Waals surface area contributed by atoms with Gasteiger partial charge in [-0.3, -0.25) is 5.32 Å². The summed E-state index contributed by atoms with van der Waals surface area (Å²) in [5.41, 5.74) is 0.729. The average molecular weight is 315 g/mol. The number of carbonyl (C=O) groups excluding carboxylic acids is 1. The summed E-state index contributed by atoms with van der Waals surface area (Å²) in [5, 5.41) is 2.82. The lowest BCUT2D eigenvalue weighted by Crippen LogP contribution is -2.35. The third-order valence-electron chi connectivity index (χ3n) is 6.28. The average Bonchev–Trinajstić information content (AvgIpc) is 2.92. The first-order chi connectivity index (χ1) is 11.2. The Bertz CT molecular complexity index is 630. The van der Waals surface area contributed by atoms with Crippen molar-refractivity contribution in [3.8, 4) is 5.75 Å². The predicted molar refractivity (Wildman–Crippen MR) is 83.4 cm³/mol. The summed E-state index contributed by atoms with van der Waals surface area (Å²) in [6.07, 6.45) is 4.18. The van der Waals surface area contributed by atoms with Crippen LogP contribution >= 0.6 is 0 Å². The lowest BCUT2D eigenvalue weighted by Gasteiger charge is -2.32. The van der Waals surface area contributed by atoms with Crippen molar-refractivity contribution in [1.29, 1.82) is 0 Å². The van der Waals surface area contributed by atoms with Gasteiger partial charge in [0.2, 0.25) is 0 Å². The fourth-order valence-corrected chi connectivity index (χ4v) is 5.36. The van der Waals surface area contributed by atoms with E-state index in [9.17, 15) is 4.79 Å². The molecule has 5 nitrogen and oxygen atoms in total. The van der Waals surface area contributed by atoms with Crippen LogP contribution in [0, 0.1) is 23.7 Å². The predicted octanol–water partition coefficient (Wildman–Crippen LogP) is 3.06. The van der Waals surface area contributed by atoms with Crippen LogP contribution in [0.1, 0.15) is 19.3 Å². The van der Waals surface area contributed by atoms with Crippen molar-refractivity contribution < 1.29 is 19.0 Å². The summed E-state index contributed by atoms with van der Waals surface area (Å²) in [6, 6.07) is 7.28. The standard InChI is InChI=1S/C18H21NO4/c1-21-11-4-2-10(3-5-11)19-18(20)23-14-7-9-6-12(14)13-8-15-17(22-15)16(9)13/h2-5,9,12-17H,6-8H2,1H3,(H,19,20)/t9-,12+,13+,14-,15+,16-,17-/m1/s1. The van der Waals surface area contributed by atoms with Gasteiger partial charge in [-0.05, 0) is 67.2 Å². The minimum atomic E-state index is -0.344. The van der Waals surface area contributed by atoms with Gasteiger partial charge in [-0.2, -0.15) is 0 Å². The molecule has 0 radical (unpaired) electrons. The smallest absolute Gasteiger partial charge is 0.411 e. The maximum atomic E-state index is 12.2. The van der Waals surface area contributed by atoms with E-state index >= 15 is 0 Å². The molecule has 1 heterocycles. The van der Waals surface area contributed by atoms with E-state index in [2.05, 4.69) is 5.32 Å². The van der Waals surface area contributed by atoms with E-state index in [0.29, 0.717) is 24.0 Å². The second-order valence-electron chi connectivity index (χ2n) is 7.31. The van der Waals surface area contributed by atoms with Crippen LogP contribution in [-0.2, 0) is 9.47 Å². The summed E-state index contributed by atoms with van der Waals surface area (Å²) in [5.74, 6) is 3.47. The summed E-state index contributed by atoms with van der Waals surface area (Å²) < 4.78 is 16.6.